The number of rotatable bonds is 12. The van der Waals surface area contributed by atoms with Crippen molar-refractivity contribution in [3.05, 3.63) is 65.7 Å². The number of nitrogens with one attached hydrogen (secondary N) is 3. The number of carboxylic acid groups (broad SMARTS) is 2. The van der Waals surface area contributed by atoms with Crippen molar-refractivity contribution in [3.63, 3.8) is 0 Å². The molecule has 3 atom stereocenters. The highest BCUT2D eigenvalue weighted by atomic mass is 16.4. The van der Waals surface area contributed by atoms with Crippen LogP contribution in [-0.4, -0.2) is 75.4 Å². The van der Waals surface area contributed by atoms with E-state index in [1.165, 1.54) is 12.1 Å². The Kier molecular flexibility index (Phi) is 9.35. The molecule has 1 fully saturated rings. The molecule has 15 nitrogen and oxygen atoms in total. The van der Waals surface area contributed by atoms with Gasteiger partial charge in [-0.05, 0) is 23.3 Å². The van der Waals surface area contributed by atoms with Gasteiger partial charge < -0.3 is 37.6 Å². The Bertz CT molecular complexity index is 1330. The highest BCUT2D eigenvalue weighted by molar-refractivity contribution is 6.07. The first-order valence-electron chi connectivity index (χ1n) is 11.8. The van der Waals surface area contributed by atoms with Crippen LogP contribution >= 0.6 is 0 Å². The zero-order valence-corrected chi connectivity index (χ0v) is 20.9. The minimum absolute atomic E-state index is 0.102. The predicted molar refractivity (Wildman–Crippen MR) is 139 cm³/mol. The molecule has 1 saturated heterocycles. The number of carbonyl (C=O) groups excluding carboxylic acids is 4. The number of urea groups is 1. The number of aliphatic carboxylic acids is 2. The average Bonchev–Trinajstić information content (AvgIpc) is 3.14. The second-order valence-electron chi connectivity index (χ2n) is 8.74. The maximum Gasteiger partial charge on any atom is 0.330 e. The average molecular weight is 554 g/mol. The summed E-state index contributed by atoms with van der Waals surface area (Å²) in [7, 11) is 0. The summed E-state index contributed by atoms with van der Waals surface area (Å²) in [5, 5.41) is 25.6. The highest BCUT2D eigenvalue weighted by Crippen LogP contribution is 2.17. The number of aliphatic imine (C=N–C) groups is 1. The number of carbonyl (C=O) groups is 6. The number of amides is 5. The van der Waals surface area contributed by atoms with Gasteiger partial charge in [0.2, 0.25) is 11.8 Å². The lowest BCUT2D eigenvalue weighted by molar-refractivity contribution is -0.143. The number of nitrogens with two attached hydrogens (primary N) is 2. The Morgan fingerprint density at radius 1 is 0.975 bits per heavy atom. The predicted octanol–water partition coefficient (Wildman–Crippen LogP) is -1.04. The van der Waals surface area contributed by atoms with E-state index in [2.05, 4.69) is 20.9 Å². The lowest BCUT2D eigenvalue weighted by Gasteiger charge is -2.21. The molecule has 1 aliphatic rings. The summed E-state index contributed by atoms with van der Waals surface area (Å²) in [6.45, 7) is -0.797. The molecule has 0 aliphatic carbocycles. The smallest absolute Gasteiger partial charge is 0.330 e. The SMILES string of the molecule is NC(N)=Nc1ccc(CC2NC(=O)N(CC(=O)N[C@@H](CC(=O)O)C(=O)N[C@H](C(=O)O)c3ccccc3)C2=O)cc1. The maximum absolute atomic E-state index is 12.8. The molecular formula is C25H27N7O8. The van der Waals surface area contributed by atoms with Gasteiger partial charge in [0.15, 0.2) is 12.0 Å². The fraction of sp³-hybridized carbons (Fsp3) is 0.240. The summed E-state index contributed by atoms with van der Waals surface area (Å²) in [5.74, 6) is -5.77. The first-order valence-corrected chi connectivity index (χ1v) is 11.8. The van der Waals surface area contributed by atoms with Crippen molar-refractivity contribution >= 4 is 47.3 Å². The second kappa shape index (κ2) is 12.9. The van der Waals surface area contributed by atoms with Gasteiger partial charge in [-0.2, -0.15) is 0 Å². The minimum atomic E-state index is -1.68. The van der Waals surface area contributed by atoms with E-state index in [9.17, 15) is 39.0 Å². The number of carboxylic acids is 2. The molecule has 2 aromatic carbocycles. The van der Waals surface area contributed by atoms with E-state index in [0.29, 0.717) is 16.2 Å². The second-order valence-corrected chi connectivity index (χ2v) is 8.74. The lowest BCUT2D eigenvalue weighted by atomic mass is 10.1. The van der Waals surface area contributed by atoms with Crippen LogP contribution in [-0.2, 0) is 30.4 Å². The fourth-order valence-corrected chi connectivity index (χ4v) is 3.90. The largest absolute Gasteiger partial charge is 0.481 e. The number of nitrogens with zero attached hydrogens (tertiary/aromatic N) is 2. The molecule has 0 saturated carbocycles. The van der Waals surface area contributed by atoms with Crippen LogP contribution in [0.4, 0.5) is 10.5 Å². The van der Waals surface area contributed by atoms with Crippen LogP contribution in [0.1, 0.15) is 23.6 Å². The molecule has 9 N–H and O–H groups in total. The minimum Gasteiger partial charge on any atom is -0.481 e. The van der Waals surface area contributed by atoms with Crippen LogP contribution in [0.15, 0.2) is 59.6 Å². The van der Waals surface area contributed by atoms with Crippen molar-refractivity contribution < 1.29 is 39.0 Å². The molecule has 210 valence electrons. The number of benzene rings is 2. The molecule has 5 amide bonds. The van der Waals surface area contributed by atoms with Crippen molar-refractivity contribution in [3.8, 4) is 0 Å². The Morgan fingerprint density at radius 2 is 1.62 bits per heavy atom. The van der Waals surface area contributed by atoms with Gasteiger partial charge in [-0.1, -0.05) is 42.5 Å². The summed E-state index contributed by atoms with van der Waals surface area (Å²) in [6, 6.07) is 9.18. The van der Waals surface area contributed by atoms with Gasteiger partial charge in [0, 0.05) is 6.42 Å². The van der Waals surface area contributed by atoms with Crippen molar-refractivity contribution in [2.24, 2.45) is 16.5 Å². The van der Waals surface area contributed by atoms with Gasteiger partial charge in [-0.25, -0.2) is 14.6 Å². The summed E-state index contributed by atoms with van der Waals surface area (Å²) in [6.07, 6.45) is -0.776. The topological polar surface area (TPSA) is 247 Å². The Morgan fingerprint density at radius 3 is 2.20 bits per heavy atom. The number of hydrogen-bond acceptors (Lipinski definition) is 7. The molecule has 0 spiro atoms. The zero-order chi connectivity index (χ0) is 29.4. The first-order chi connectivity index (χ1) is 18.9. The lowest BCUT2D eigenvalue weighted by Crippen LogP contribution is -2.52. The van der Waals surface area contributed by atoms with Crippen LogP contribution in [0.25, 0.3) is 0 Å². The van der Waals surface area contributed by atoms with E-state index in [1.807, 2.05) is 0 Å². The monoisotopic (exact) mass is 553 g/mol. The molecule has 15 heteroatoms. The summed E-state index contributed by atoms with van der Waals surface area (Å²) < 4.78 is 0. The van der Waals surface area contributed by atoms with E-state index >= 15 is 0 Å². The molecule has 1 aliphatic heterocycles. The quantitative estimate of drug-likeness (QED) is 0.0955. The standard InChI is InChI=1S/C25H27N7O8/c26-24(27)28-15-8-6-13(7-9-15)10-17-22(37)32(25(40)30-17)12-18(33)29-16(11-19(34)35)21(36)31-20(23(38)39)14-4-2-1-3-5-14/h1-9,16-17,20H,10-12H2,(H,29,33)(H,30,40)(H,31,36)(H,34,35)(H,38,39)(H4,26,27,28)/t16-,17?,20-/m0/s1. The first kappa shape index (κ1) is 29.1. The van der Waals surface area contributed by atoms with Crippen LogP contribution in [0, 0.1) is 0 Å². The van der Waals surface area contributed by atoms with E-state index < -0.39 is 66.8 Å². The third-order valence-electron chi connectivity index (χ3n) is 5.74. The summed E-state index contributed by atoms with van der Waals surface area (Å²) in [5.41, 5.74) is 12.0. The molecule has 0 bridgehead atoms. The molecular weight excluding hydrogens is 526 g/mol. The molecule has 2 aromatic rings. The number of hydrogen-bond donors (Lipinski definition) is 7. The Labute approximate surface area is 227 Å². The van der Waals surface area contributed by atoms with Gasteiger partial charge in [-0.15, -0.1) is 0 Å². The number of imide groups is 1. The van der Waals surface area contributed by atoms with Crippen molar-refractivity contribution in [2.75, 3.05) is 6.54 Å². The third-order valence-corrected chi connectivity index (χ3v) is 5.74. The van der Waals surface area contributed by atoms with Gasteiger partial charge in [0.05, 0.1) is 12.1 Å². The fourth-order valence-electron chi connectivity index (χ4n) is 3.90. The molecule has 3 rings (SSSR count). The molecule has 1 heterocycles. The highest BCUT2D eigenvalue weighted by Gasteiger charge is 2.39. The molecule has 1 unspecified atom stereocenters. The van der Waals surface area contributed by atoms with E-state index in [4.69, 9.17) is 11.5 Å². The van der Waals surface area contributed by atoms with E-state index in [0.717, 1.165) is 0 Å². The van der Waals surface area contributed by atoms with Gasteiger partial charge in [-0.3, -0.25) is 24.1 Å². The zero-order valence-electron chi connectivity index (χ0n) is 20.9. The van der Waals surface area contributed by atoms with Crippen molar-refractivity contribution in [1.29, 1.82) is 0 Å². The third kappa shape index (κ3) is 7.77. The summed E-state index contributed by atoms with van der Waals surface area (Å²) in [4.78, 5) is 78.2. The van der Waals surface area contributed by atoms with Gasteiger partial charge >= 0.3 is 18.0 Å². The van der Waals surface area contributed by atoms with Gasteiger partial charge in [0.25, 0.3) is 5.91 Å². The van der Waals surface area contributed by atoms with Gasteiger partial charge in [0.1, 0.15) is 18.6 Å². The molecule has 0 radical (unpaired) electrons. The molecule has 40 heavy (non-hydrogen) atoms. The Balaban J connectivity index is 1.64. The molecule has 0 aromatic heterocycles. The van der Waals surface area contributed by atoms with Crippen LogP contribution in [0.2, 0.25) is 0 Å². The number of guanidine groups is 1. The van der Waals surface area contributed by atoms with Crippen LogP contribution in [0.5, 0.6) is 0 Å². The van der Waals surface area contributed by atoms with E-state index in [1.54, 1.807) is 42.5 Å². The van der Waals surface area contributed by atoms with Crippen LogP contribution in [0.3, 0.4) is 0 Å². The summed E-state index contributed by atoms with van der Waals surface area (Å²) >= 11 is 0. The van der Waals surface area contributed by atoms with Crippen molar-refractivity contribution in [1.82, 2.24) is 20.9 Å². The van der Waals surface area contributed by atoms with E-state index in [-0.39, 0.29) is 17.9 Å². The maximum atomic E-state index is 12.8. The van der Waals surface area contributed by atoms with Crippen molar-refractivity contribution in [2.45, 2.75) is 31.0 Å². The Hall–Kier alpha value is -5.47. The normalized spacial score (nSPS) is 15.9. The van der Waals surface area contributed by atoms with Crippen LogP contribution < -0.4 is 27.4 Å².